The number of alkyl halides is 3. The average molecular weight is 463 g/mol. The van der Waals surface area contributed by atoms with Gasteiger partial charge in [0.2, 0.25) is 0 Å². The molecule has 172 valence electrons. The van der Waals surface area contributed by atoms with E-state index >= 15 is 0 Å². The molecule has 0 bridgehead atoms. The lowest BCUT2D eigenvalue weighted by Crippen LogP contribution is -2.06. The topological polar surface area (TPSA) is 86.0 Å². The number of rotatable bonds is 8. The molecule has 7 nitrogen and oxygen atoms in total. The Morgan fingerprint density at radius 2 is 1.79 bits per heavy atom. The molecule has 0 radical (unpaired) electrons. The van der Waals surface area contributed by atoms with Gasteiger partial charge in [-0.05, 0) is 53.6 Å². The van der Waals surface area contributed by atoms with Gasteiger partial charge in [-0.2, -0.15) is 18.3 Å². The standard InChI is InChI=1S/C22H17F4N3O4/c1-32-21-10-15(4-9-20(21)33-13-14-2-6-17(23)7-3-14)12-27-28-18-8-5-16(22(24,25)26)11-19(18)29(30)31/h2-12,28H,13H2,1H3/b27-12-. The van der Waals surface area contributed by atoms with Crippen LogP contribution < -0.4 is 14.9 Å². The molecule has 0 aliphatic carbocycles. The van der Waals surface area contributed by atoms with E-state index in [1.807, 2.05) is 0 Å². The van der Waals surface area contributed by atoms with E-state index in [-0.39, 0.29) is 18.1 Å². The third-order valence-electron chi connectivity index (χ3n) is 4.42. The van der Waals surface area contributed by atoms with Gasteiger partial charge in [-0.15, -0.1) is 0 Å². The van der Waals surface area contributed by atoms with Crippen LogP contribution in [0.25, 0.3) is 0 Å². The molecule has 0 aliphatic heterocycles. The highest BCUT2D eigenvalue weighted by molar-refractivity contribution is 5.82. The molecule has 0 fully saturated rings. The molecule has 0 aromatic heterocycles. The van der Waals surface area contributed by atoms with Crippen LogP contribution in [0.2, 0.25) is 0 Å². The minimum atomic E-state index is -4.70. The highest BCUT2D eigenvalue weighted by Crippen LogP contribution is 2.35. The zero-order valence-electron chi connectivity index (χ0n) is 17.1. The molecule has 0 saturated carbocycles. The summed E-state index contributed by atoms with van der Waals surface area (Å²) >= 11 is 0. The van der Waals surface area contributed by atoms with Crippen LogP contribution in [0.3, 0.4) is 0 Å². The van der Waals surface area contributed by atoms with Gasteiger partial charge >= 0.3 is 6.18 Å². The number of methoxy groups -OCH3 is 1. The van der Waals surface area contributed by atoms with Crippen molar-refractivity contribution in [3.8, 4) is 11.5 Å². The smallest absolute Gasteiger partial charge is 0.416 e. The lowest BCUT2D eigenvalue weighted by atomic mass is 10.1. The Balaban J connectivity index is 1.71. The summed E-state index contributed by atoms with van der Waals surface area (Å²) in [6.07, 6.45) is -3.39. The maximum Gasteiger partial charge on any atom is 0.416 e. The van der Waals surface area contributed by atoms with Crippen LogP contribution in [0, 0.1) is 15.9 Å². The number of nitro groups is 1. The lowest BCUT2D eigenvalue weighted by Gasteiger charge is -2.11. The Bertz CT molecular complexity index is 1170. The second-order valence-corrected chi connectivity index (χ2v) is 6.68. The van der Waals surface area contributed by atoms with Gasteiger partial charge in [0, 0.05) is 6.07 Å². The quantitative estimate of drug-likeness (QED) is 0.198. The largest absolute Gasteiger partial charge is 0.493 e. The SMILES string of the molecule is COc1cc(/C=N\Nc2ccc(C(F)(F)F)cc2[N+](=O)[O-])ccc1OCc1ccc(F)cc1. The minimum Gasteiger partial charge on any atom is -0.493 e. The molecule has 3 aromatic carbocycles. The first kappa shape index (κ1) is 23.5. The number of hydrogen-bond donors (Lipinski definition) is 1. The van der Waals surface area contributed by atoms with Crippen LogP contribution >= 0.6 is 0 Å². The first-order valence-corrected chi connectivity index (χ1v) is 9.37. The number of ether oxygens (including phenoxy) is 2. The Hall–Kier alpha value is -4.15. The summed E-state index contributed by atoms with van der Waals surface area (Å²) in [6, 6.07) is 12.8. The third-order valence-corrected chi connectivity index (χ3v) is 4.42. The van der Waals surface area contributed by atoms with Gasteiger partial charge in [0.05, 0.1) is 23.8 Å². The highest BCUT2D eigenvalue weighted by Gasteiger charge is 2.33. The maximum atomic E-state index is 13.0. The van der Waals surface area contributed by atoms with Gasteiger partial charge in [0.25, 0.3) is 5.69 Å². The first-order chi connectivity index (χ1) is 15.7. The van der Waals surface area contributed by atoms with Crippen LogP contribution in [0.4, 0.5) is 28.9 Å². The normalized spacial score (nSPS) is 11.4. The third kappa shape index (κ3) is 6.19. The molecule has 33 heavy (non-hydrogen) atoms. The van der Waals surface area contributed by atoms with Gasteiger partial charge in [0.15, 0.2) is 11.5 Å². The van der Waals surface area contributed by atoms with Crippen molar-refractivity contribution in [3.05, 3.63) is 93.3 Å². The van der Waals surface area contributed by atoms with Crippen LogP contribution in [-0.4, -0.2) is 18.2 Å². The van der Waals surface area contributed by atoms with Gasteiger partial charge in [0.1, 0.15) is 18.1 Å². The van der Waals surface area contributed by atoms with Crippen molar-refractivity contribution in [2.24, 2.45) is 5.10 Å². The number of nitrogens with zero attached hydrogens (tertiary/aromatic N) is 2. The van der Waals surface area contributed by atoms with E-state index in [2.05, 4.69) is 10.5 Å². The zero-order valence-corrected chi connectivity index (χ0v) is 17.1. The van der Waals surface area contributed by atoms with Crippen molar-refractivity contribution in [1.82, 2.24) is 0 Å². The zero-order chi connectivity index (χ0) is 24.0. The monoisotopic (exact) mass is 463 g/mol. The maximum absolute atomic E-state index is 13.0. The molecule has 3 aromatic rings. The number of benzene rings is 3. The molecule has 0 heterocycles. The van der Waals surface area contributed by atoms with E-state index in [1.165, 1.54) is 25.5 Å². The van der Waals surface area contributed by atoms with E-state index in [1.54, 1.807) is 30.3 Å². The number of nitro benzene ring substituents is 1. The van der Waals surface area contributed by atoms with Crippen LogP contribution in [0.5, 0.6) is 11.5 Å². The number of hydrazone groups is 1. The summed E-state index contributed by atoms with van der Waals surface area (Å²) in [7, 11) is 1.44. The molecule has 0 saturated heterocycles. The summed E-state index contributed by atoms with van der Waals surface area (Å²) in [5.74, 6) is 0.446. The second kappa shape index (κ2) is 9.98. The molecule has 11 heteroatoms. The molecule has 0 atom stereocenters. The van der Waals surface area contributed by atoms with E-state index < -0.39 is 22.4 Å². The molecule has 3 rings (SSSR count). The fourth-order valence-electron chi connectivity index (χ4n) is 2.76. The van der Waals surface area contributed by atoms with Crippen molar-refractivity contribution in [3.63, 3.8) is 0 Å². The Labute approximate surface area is 185 Å². The summed E-state index contributed by atoms with van der Waals surface area (Å²) in [6.45, 7) is 0.184. The second-order valence-electron chi connectivity index (χ2n) is 6.68. The Kier molecular flexibility index (Phi) is 7.11. The fourth-order valence-corrected chi connectivity index (χ4v) is 2.76. The van der Waals surface area contributed by atoms with Crippen molar-refractivity contribution in [2.75, 3.05) is 12.5 Å². The number of hydrogen-bond acceptors (Lipinski definition) is 6. The number of nitrogens with one attached hydrogen (secondary N) is 1. The molecular formula is C22H17F4N3O4. The van der Waals surface area contributed by atoms with E-state index in [9.17, 15) is 27.7 Å². The molecule has 0 spiro atoms. The molecule has 0 amide bonds. The van der Waals surface area contributed by atoms with Crippen LogP contribution in [0.15, 0.2) is 65.8 Å². The Morgan fingerprint density at radius 1 is 1.06 bits per heavy atom. The van der Waals surface area contributed by atoms with Gasteiger partial charge in [-0.25, -0.2) is 4.39 Å². The lowest BCUT2D eigenvalue weighted by molar-refractivity contribution is -0.384. The fraction of sp³-hybridized carbons (Fsp3) is 0.136. The minimum absolute atomic E-state index is 0.184. The van der Waals surface area contributed by atoms with Gasteiger partial charge < -0.3 is 9.47 Å². The first-order valence-electron chi connectivity index (χ1n) is 9.37. The molecule has 1 N–H and O–H groups in total. The van der Waals surface area contributed by atoms with Crippen molar-refractivity contribution >= 4 is 17.6 Å². The van der Waals surface area contributed by atoms with Crippen molar-refractivity contribution in [2.45, 2.75) is 12.8 Å². The molecule has 0 aliphatic rings. The van der Waals surface area contributed by atoms with Crippen molar-refractivity contribution in [1.29, 1.82) is 0 Å². The summed E-state index contributed by atoms with van der Waals surface area (Å²) in [5.41, 5.74) is 1.58. The summed E-state index contributed by atoms with van der Waals surface area (Å²) < 4.78 is 62.4. The van der Waals surface area contributed by atoms with Crippen molar-refractivity contribution < 1.29 is 32.0 Å². The molecule has 0 unspecified atom stereocenters. The highest BCUT2D eigenvalue weighted by atomic mass is 19.4. The number of halogens is 4. The average Bonchev–Trinajstić information content (AvgIpc) is 2.78. The van der Waals surface area contributed by atoms with E-state index in [4.69, 9.17) is 9.47 Å². The predicted molar refractivity (Wildman–Crippen MR) is 113 cm³/mol. The predicted octanol–water partition coefficient (Wildman–Crippen LogP) is 5.79. The van der Waals surface area contributed by atoms with Gasteiger partial charge in [-0.3, -0.25) is 15.5 Å². The molecular weight excluding hydrogens is 446 g/mol. The van der Waals surface area contributed by atoms with Gasteiger partial charge in [-0.1, -0.05) is 12.1 Å². The Morgan fingerprint density at radius 3 is 2.42 bits per heavy atom. The summed E-state index contributed by atoms with van der Waals surface area (Å²) in [5, 5.41) is 15.0. The van der Waals surface area contributed by atoms with E-state index in [0.29, 0.717) is 23.1 Å². The number of anilines is 1. The van der Waals surface area contributed by atoms with E-state index in [0.717, 1.165) is 17.7 Å². The van der Waals surface area contributed by atoms with Crippen LogP contribution in [-0.2, 0) is 12.8 Å². The van der Waals surface area contributed by atoms with Crippen LogP contribution in [0.1, 0.15) is 16.7 Å². The summed E-state index contributed by atoms with van der Waals surface area (Å²) in [4.78, 5) is 10.2.